The second-order valence-electron chi connectivity index (χ2n) is 5.32. The fraction of sp³-hybridized carbons (Fsp3) is 0.211. The van der Waals surface area contributed by atoms with E-state index in [1.54, 1.807) is 24.3 Å². The Bertz CT molecular complexity index is 912. The Morgan fingerprint density at radius 1 is 1.07 bits per heavy atom. The highest BCUT2D eigenvalue weighted by atomic mass is 35.5. The van der Waals surface area contributed by atoms with Crippen LogP contribution >= 0.6 is 11.6 Å². The second kappa shape index (κ2) is 9.05. The van der Waals surface area contributed by atoms with Gasteiger partial charge < -0.3 is 18.7 Å². The molecule has 0 radical (unpaired) electrons. The first-order valence-corrected chi connectivity index (χ1v) is 8.63. The van der Waals surface area contributed by atoms with Crippen LogP contribution in [0.4, 0.5) is 0 Å². The number of halogens is 1. The van der Waals surface area contributed by atoms with Crippen molar-refractivity contribution >= 4 is 17.6 Å². The molecule has 27 heavy (non-hydrogen) atoms. The van der Waals surface area contributed by atoms with Crippen LogP contribution in [0.3, 0.4) is 0 Å². The van der Waals surface area contributed by atoms with E-state index < -0.39 is 5.97 Å². The predicted octanol–water partition coefficient (Wildman–Crippen LogP) is 3.91. The molecule has 0 fully saturated rings. The van der Waals surface area contributed by atoms with Crippen molar-refractivity contribution in [1.29, 1.82) is 0 Å². The minimum absolute atomic E-state index is 0.158. The van der Waals surface area contributed by atoms with Crippen LogP contribution in [-0.4, -0.2) is 29.3 Å². The van der Waals surface area contributed by atoms with Crippen molar-refractivity contribution in [2.45, 2.75) is 13.5 Å². The van der Waals surface area contributed by atoms with Crippen LogP contribution in [0.5, 0.6) is 11.5 Å². The Labute approximate surface area is 160 Å². The van der Waals surface area contributed by atoms with Gasteiger partial charge in [-0.15, -0.1) is 0 Å². The Hall–Kier alpha value is -3.06. The summed E-state index contributed by atoms with van der Waals surface area (Å²) in [5.74, 6) is 1.01. The molecule has 140 valence electrons. The molecule has 8 heteroatoms. The Morgan fingerprint density at radius 3 is 2.59 bits per heavy atom. The monoisotopic (exact) mass is 388 g/mol. The lowest BCUT2D eigenvalue weighted by Gasteiger charge is -2.07. The molecule has 1 heterocycles. The fourth-order valence-electron chi connectivity index (χ4n) is 2.24. The highest BCUT2D eigenvalue weighted by Gasteiger charge is 2.15. The van der Waals surface area contributed by atoms with Gasteiger partial charge >= 0.3 is 5.97 Å². The van der Waals surface area contributed by atoms with Crippen molar-refractivity contribution in [3.63, 3.8) is 0 Å². The van der Waals surface area contributed by atoms with Gasteiger partial charge in [0.1, 0.15) is 11.5 Å². The summed E-state index contributed by atoms with van der Waals surface area (Å²) in [4.78, 5) is 16.0. The number of benzene rings is 2. The van der Waals surface area contributed by atoms with Gasteiger partial charge in [0.2, 0.25) is 5.82 Å². The number of para-hydroxylation sites is 2. The molecule has 0 aliphatic heterocycles. The number of esters is 1. The lowest BCUT2D eigenvalue weighted by molar-refractivity contribution is -0.148. The van der Waals surface area contributed by atoms with E-state index in [1.165, 1.54) is 0 Å². The first-order valence-electron chi connectivity index (χ1n) is 8.25. The molecule has 0 amide bonds. The van der Waals surface area contributed by atoms with Gasteiger partial charge in [0.05, 0.1) is 17.2 Å². The largest absolute Gasteiger partial charge is 0.493 e. The molecule has 1 aromatic heterocycles. The van der Waals surface area contributed by atoms with Crippen LogP contribution in [-0.2, 0) is 16.1 Å². The third kappa shape index (κ3) is 4.98. The van der Waals surface area contributed by atoms with Crippen LogP contribution in [0, 0.1) is 0 Å². The van der Waals surface area contributed by atoms with Gasteiger partial charge in [-0.25, -0.2) is 4.79 Å². The number of carbonyl (C=O) groups excluding carboxylic acids is 1. The molecule has 3 aromatic rings. The fourth-order valence-corrected chi connectivity index (χ4v) is 2.43. The van der Waals surface area contributed by atoms with E-state index in [-0.39, 0.29) is 19.1 Å². The van der Waals surface area contributed by atoms with Crippen LogP contribution < -0.4 is 9.47 Å². The summed E-state index contributed by atoms with van der Waals surface area (Å²) in [6.45, 7) is 1.97. The van der Waals surface area contributed by atoms with Gasteiger partial charge in [-0.05, 0) is 31.2 Å². The topological polar surface area (TPSA) is 83.7 Å². The summed E-state index contributed by atoms with van der Waals surface area (Å²) >= 11 is 5.96. The second-order valence-corrected chi connectivity index (χ2v) is 5.73. The van der Waals surface area contributed by atoms with Crippen molar-refractivity contribution in [2.24, 2.45) is 0 Å². The van der Waals surface area contributed by atoms with E-state index >= 15 is 0 Å². The van der Waals surface area contributed by atoms with Gasteiger partial charge in [-0.2, -0.15) is 4.98 Å². The molecular formula is C19H17ClN2O5. The molecule has 3 rings (SSSR count). The number of nitrogens with zero attached hydrogens (tertiary/aromatic N) is 2. The first-order chi connectivity index (χ1) is 13.2. The number of hydrogen-bond donors (Lipinski definition) is 0. The SMILES string of the molecule is CCOc1ccccc1-c1noc(COC(=O)COc2ccccc2Cl)n1. The number of carbonyl (C=O) groups is 1. The summed E-state index contributed by atoms with van der Waals surface area (Å²) in [6, 6.07) is 14.2. The standard InChI is InChI=1S/C19H17ClN2O5/c1-2-24-15-9-5-3-7-13(15)19-21-17(27-22-19)11-26-18(23)12-25-16-10-6-4-8-14(16)20/h3-10H,2,11-12H2,1H3. The number of ether oxygens (including phenoxy) is 3. The van der Waals surface area contributed by atoms with Gasteiger partial charge in [-0.3, -0.25) is 0 Å². The lowest BCUT2D eigenvalue weighted by Crippen LogP contribution is -2.15. The minimum Gasteiger partial charge on any atom is -0.493 e. The summed E-state index contributed by atoms with van der Waals surface area (Å²) in [5.41, 5.74) is 0.697. The quantitative estimate of drug-likeness (QED) is 0.541. The molecule has 0 atom stereocenters. The van der Waals surface area contributed by atoms with E-state index in [0.29, 0.717) is 34.5 Å². The molecule has 0 N–H and O–H groups in total. The zero-order chi connectivity index (χ0) is 19.1. The van der Waals surface area contributed by atoms with E-state index in [1.807, 2.05) is 31.2 Å². The van der Waals surface area contributed by atoms with Crippen molar-refractivity contribution in [3.05, 3.63) is 59.4 Å². The van der Waals surface area contributed by atoms with E-state index in [0.717, 1.165) is 0 Å². The van der Waals surface area contributed by atoms with E-state index in [9.17, 15) is 4.79 Å². The van der Waals surface area contributed by atoms with E-state index in [2.05, 4.69) is 10.1 Å². The third-order valence-electron chi connectivity index (χ3n) is 3.43. The highest BCUT2D eigenvalue weighted by Crippen LogP contribution is 2.27. The smallest absolute Gasteiger partial charge is 0.344 e. The average Bonchev–Trinajstić information content (AvgIpc) is 3.15. The van der Waals surface area contributed by atoms with Gasteiger partial charge in [0, 0.05) is 0 Å². The Morgan fingerprint density at radius 2 is 1.81 bits per heavy atom. The molecule has 7 nitrogen and oxygen atoms in total. The van der Waals surface area contributed by atoms with Crippen molar-refractivity contribution in [2.75, 3.05) is 13.2 Å². The average molecular weight is 389 g/mol. The van der Waals surface area contributed by atoms with Gasteiger partial charge in [0.25, 0.3) is 5.89 Å². The maximum Gasteiger partial charge on any atom is 0.344 e. The summed E-state index contributed by atoms with van der Waals surface area (Å²) in [5, 5.41) is 4.32. The minimum atomic E-state index is -0.579. The molecule has 0 aliphatic carbocycles. The van der Waals surface area contributed by atoms with Crippen LogP contribution in [0.15, 0.2) is 53.1 Å². The highest BCUT2D eigenvalue weighted by molar-refractivity contribution is 6.32. The summed E-state index contributed by atoms with van der Waals surface area (Å²) in [7, 11) is 0. The van der Waals surface area contributed by atoms with Crippen LogP contribution in [0.1, 0.15) is 12.8 Å². The lowest BCUT2D eigenvalue weighted by atomic mass is 10.2. The molecule has 0 unspecified atom stereocenters. The predicted molar refractivity (Wildman–Crippen MR) is 97.6 cm³/mol. The number of hydrogen-bond acceptors (Lipinski definition) is 7. The van der Waals surface area contributed by atoms with Crippen molar-refractivity contribution < 1.29 is 23.5 Å². The van der Waals surface area contributed by atoms with Gasteiger partial charge in [-0.1, -0.05) is 41.0 Å². The van der Waals surface area contributed by atoms with Crippen molar-refractivity contribution in [3.8, 4) is 22.9 Å². The number of aromatic nitrogens is 2. The zero-order valence-electron chi connectivity index (χ0n) is 14.6. The normalized spacial score (nSPS) is 10.4. The third-order valence-corrected chi connectivity index (χ3v) is 3.75. The molecule has 0 bridgehead atoms. The van der Waals surface area contributed by atoms with Crippen LogP contribution in [0.25, 0.3) is 11.4 Å². The number of rotatable bonds is 8. The maximum absolute atomic E-state index is 11.8. The molecule has 0 spiro atoms. The molecule has 0 saturated heterocycles. The first kappa shape index (κ1) is 18.7. The summed E-state index contributed by atoms with van der Waals surface area (Å²) < 4.78 is 21.1. The molecule has 0 saturated carbocycles. The summed E-state index contributed by atoms with van der Waals surface area (Å²) in [6.07, 6.45) is 0. The molecule has 2 aromatic carbocycles. The van der Waals surface area contributed by atoms with E-state index in [4.69, 9.17) is 30.3 Å². The Balaban J connectivity index is 1.55. The molecule has 0 aliphatic rings. The zero-order valence-corrected chi connectivity index (χ0v) is 15.3. The maximum atomic E-state index is 11.8. The molecular weight excluding hydrogens is 372 g/mol. The van der Waals surface area contributed by atoms with Crippen molar-refractivity contribution in [1.82, 2.24) is 10.1 Å². The Kier molecular flexibility index (Phi) is 6.27. The van der Waals surface area contributed by atoms with Gasteiger partial charge in [0.15, 0.2) is 13.2 Å². The van der Waals surface area contributed by atoms with Crippen LogP contribution in [0.2, 0.25) is 5.02 Å².